The standard InChI is InChI=1S/C21H23N3O2S/c1-14-9-10-18(11-15(14)2)22-19(25)13-27-21-24-23-20(26-21)12-16(3)17-7-5-4-6-8-17/h4-11,16H,12-13H2,1-3H3,(H,22,25). The Morgan fingerprint density at radius 3 is 2.63 bits per heavy atom. The monoisotopic (exact) mass is 381 g/mol. The molecule has 1 aromatic heterocycles. The highest BCUT2D eigenvalue weighted by molar-refractivity contribution is 7.99. The van der Waals surface area contributed by atoms with E-state index in [0.29, 0.717) is 17.5 Å². The number of rotatable bonds is 7. The second-order valence-corrected chi connectivity index (χ2v) is 7.54. The summed E-state index contributed by atoms with van der Waals surface area (Å²) in [6.45, 7) is 6.20. The first-order valence-corrected chi connectivity index (χ1v) is 9.87. The van der Waals surface area contributed by atoms with Crippen molar-refractivity contribution in [2.45, 2.75) is 38.3 Å². The molecule has 1 atom stereocenters. The molecule has 0 spiro atoms. The average molecular weight is 382 g/mol. The van der Waals surface area contributed by atoms with Gasteiger partial charge in [0.1, 0.15) is 0 Å². The third kappa shape index (κ3) is 5.44. The lowest BCUT2D eigenvalue weighted by Crippen LogP contribution is -2.14. The van der Waals surface area contributed by atoms with Crippen LogP contribution < -0.4 is 5.32 Å². The van der Waals surface area contributed by atoms with E-state index in [0.717, 1.165) is 11.3 Å². The molecule has 3 rings (SSSR count). The number of nitrogens with zero attached hydrogens (tertiary/aromatic N) is 2. The van der Waals surface area contributed by atoms with Crippen LogP contribution in [0.15, 0.2) is 58.2 Å². The Balaban J connectivity index is 1.50. The van der Waals surface area contributed by atoms with Gasteiger partial charge >= 0.3 is 0 Å². The Morgan fingerprint density at radius 1 is 1.11 bits per heavy atom. The Kier molecular flexibility index (Phi) is 6.29. The van der Waals surface area contributed by atoms with E-state index in [1.54, 1.807) is 0 Å². The maximum atomic E-state index is 12.1. The molecule has 0 radical (unpaired) electrons. The summed E-state index contributed by atoms with van der Waals surface area (Å²) < 4.78 is 5.67. The summed E-state index contributed by atoms with van der Waals surface area (Å²) >= 11 is 1.25. The maximum Gasteiger partial charge on any atom is 0.277 e. The highest BCUT2D eigenvalue weighted by Gasteiger charge is 2.14. The predicted octanol–water partition coefficient (Wildman–Crippen LogP) is 4.76. The van der Waals surface area contributed by atoms with E-state index in [9.17, 15) is 4.79 Å². The predicted molar refractivity (Wildman–Crippen MR) is 108 cm³/mol. The second kappa shape index (κ2) is 8.86. The molecule has 140 valence electrons. The summed E-state index contributed by atoms with van der Waals surface area (Å²) in [6, 6.07) is 16.1. The van der Waals surface area contributed by atoms with Crippen molar-refractivity contribution >= 4 is 23.4 Å². The largest absolute Gasteiger partial charge is 0.416 e. The van der Waals surface area contributed by atoms with Crippen LogP contribution in [-0.4, -0.2) is 21.9 Å². The van der Waals surface area contributed by atoms with Crippen LogP contribution >= 0.6 is 11.8 Å². The van der Waals surface area contributed by atoms with E-state index in [4.69, 9.17) is 4.42 Å². The van der Waals surface area contributed by atoms with Gasteiger partial charge in [-0.05, 0) is 48.6 Å². The van der Waals surface area contributed by atoms with E-state index in [-0.39, 0.29) is 17.6 Å². The molecule has 5 nitrogen and oxygen atoms in total. The molecule has 0 aliphatic heterocycles. The third-order valence-electron chi connectivity index (χ3n) is 4.42. The van der Waals surface area contributed by atoms with Gasteiger partial charge in [0.2, 0.25) is 11.8 Å². The van der Waals surface area contributed by atoms with Crippen LogP contribution in [0, 0.1) is 13.8 Å². The normalized spacial score (nSPS) is 12.0. The van der Waals surface area contributed by atoms with Gasteiger partial charge in [0.05, 0.1) is 5.75 Å². The van der Waals surface area contributed by atoms with Gasteiger partial charge in [-0.15, -0.1) is 10.2 Å². The molecule has 0 aliphatic rings. The van der Waals surface area contributed by atoms with Crippen LogP contribution in [-0.2, 0) is 11.2 Å². The fraction of sp³-hybridized carbons (Fsp3) is 0.286. The van der Waals surface area contributed by atoms with E-state index >= 15 is 0 Å². The van der Waals surface area contributed by atoms with Crippen LogP contribution in [0.2, 0.25) is 0 Å². The first-order chi connectivity index (χ1) is 13.0. The molecule has 1 unspecified atom stereocenters. The SMILES string of the molecule is Cc1ccc(NC(=O)CSc2nnc(CC(C)c3ccccc3)o2)cc1C. The first kappa shape index (κ1) is 19.2. The van der Waals surface area contributed by atoms with Crippen LogP contribution in [0.4, 0.5) is 5.69 Å². The minimum Gasteiger partial charge on any atom is -0.416 e. The Bertz CT molecular complexity index is 909. The number of hydrogen-bond acceptors (Lipinski definition) is 5. The minimum absolute atomic E-state index is 0.0966. The van der Waals surface area contributed by atoms with Gasteiger partial charge in [0.25, 0.3) is 5.22 Å². The smallest absolute Gasteiger partial charge is 0.277 e. The van der Waals surface area contributed by atoms with Crippen LogP contribution in [0.25, 0.3) is 0 Å². The molecule has 3 aromatic rings. The van der Waals surface area contributed by atoms with Gasteiger partial charge < -0.3 is 9.73 Å². The fourth-order valence-electron chi connectivity index (χ4n) is 2.68. The lowest BCUT2D eigenvalue weighted by atomic mass is 9.98. The number of carbonyl (C=O) groups is 1. The summed E-state index contributed by atoms with van der Waals surface area (Å²) in [6.07, 6.45) is 0.673. The van der Waals surface area contributed by atoms with Gasteiger partial charge in [-0.25, -0.2) is 0 Å². The number of anilines is 1. The maximum absolute atomic E-state index is 12.1. The van der Waals surface area contributed by atoms with Crippen LogP contribution in [0.1, 0.15) is 35.4 Å². The molecule has 0 bridgehead atoms. The molecule has 27 heavy (non-hydrogen) atoms. The van der Waals surface area contributed by atoms with E-state index in [1.807, 2.05) is 50.2 Å². The summed E-state index contributed by atoms with van der Waals surface area (Å²) in [4.78, 5) is 12.1. The Labute approximate surface area is 163 Å². The third-order valence-corrected chi connectivity index (χ3v) is 5.23. The van der Waals surface area contributed by atoms with Gasteiger partial charge in [0.15, 0.2) is 0 Å². The van der Waals surface area contributed by atoms with E-state index in [1.165, 1.54) is 22.9 Å². The van der Waals surface area contributed by atoms with Crippen molar-refractivity contribution in [3.63, 3.8) is 0 Å². The lowest BCUT2D eigenvalue weighted by Gasteiger charge is -2.08. The average Bonchev–Trinajstić information content (AvgIpc) is 3.11. The number of benzene rings is 2. The van der Waals surface area contributed by atoms with E-state index < -0.39 is 0 Å². The highest BCUT2D eigenvalue weighted by atomic mass is 32.2. The summed E-state index contributed by atoms with van der Waals surface area (Å²) in [5, 5.41) is 11.4. The molecule has 1 N–H and O–H groups in total. The summed E-state index contributed by atoms with van der Waals surface area (Å²) in [5.41, 5.74) is 4.38. The van der Waals surface area contributed by atoms with E-state index in [2.05, 4.69) is 34.6 Å². The fourth-order valence-corrected chi connectivity index (χ4v) is 3.26. The zero-order chi connectivity index (χ0) is 19.2. The second-order valence-electron chi connectivity index (χ2n) is 6.61. The minimum atomic E-state index is -0.0966. The number of carbonyl (C=O) groups excluding carboxylic acids is 1. The number of aryl methyl sites for hydroxylation is 2. The number of aromatic nitrogens is 2. The molecule has 0 saturated heterocycles. The molecule has 0 saturated carbocycles. The zero-order valence-electron chi connectivity index (χ0n) is 15.7. The number of amides is 1. The molecule has 2 aromatic carbocycles. The van der Waals surface area contributed by atoms with Crippen LogP contribution in [0.3, 0.4) is 0 Å². The van der Waals surface area contributed by atoms with Crippen molar-refractivity contribution in [2.24, 2.45) is 0 Å². The summed E-state index contributed by atoms with van der Waals surface area (Å²) in [5.74, 6) is 1.00. The number of thioether (sulfide) groups is 1. The van der Waals surface area contributed by atoms with Crippen molar-refractivity contribution in [3.05, 3.63) is 71.1 Å². The van der Waals surface area contributed by atoms with Gasteiger partial charge in [-0.3, -0.25) is 4.79 Å². The Hall–Kier alpha value is -2.60. The molecular formula is C21H23N3O2S. The summed E-state index contributed by atoms with van der Waals surface area (Å²) in [7, 11) is 0. The van der Waals surface area contributed by atoms with Crippen molar-refractivity contribution < 1.29 is 9.21 Å². The zero-order valence-corrected chi connectivity index (χ0v) is 16.5. The van der Waals surface area contributed by atoms with Gasteiger partial charge in [0, 0.05) is 12.1 Å². The van der Waals surface area contributed by atoms with Crippen molar-refractivity contribution in [1.29, 1.82) is 0 Å². The molecule has 6 heteroatoms. The van der Waals surface area contributed by atoms with Crippen LogP contribution in [0.5, 0.6) is 0 Å². The topological polar surface area (TPSA) is 68.0 Å². The lowest BCUT2D eigenvalue weighted by molar-refractivity contribution is -0.113. The van der Waals surface area contributed by atoms with Crippen molar-refractivity contribution in [2.75, 3.05) is 11.1 Å². The quantitative estimate of drug-likeness (QED) is 0.598. The Morgan fingerprint density at radius 2 is 1.89 bits per heavy atom. The number of nitrogens with one attached hydrogen (secondary N) is 1. The molecule has 1 amide bonds. The number of hydrogen-bond donors (Lipinski definition) is 1. The molecular weight excluding hydrogens is 358 g/mol. The van der Waals surface area contributed by atoms with Gasteiger partial charge in [-0.1, -0.05) is 55.1 Å². The van der Waals surface area contributed by atoms with Crippen molar-refractivity contribution in [1.82, 2.24) is 10.2 Å². The van der Waals surface area contributed by atoms with Crippen molar-refractivity contribution in [3.8, 4) is 0 Å². The van der Waals surface area contributed by atoms with Gasteiger partial charge in [-0.2, -0.15) is 0 Å². The first-order valence-electron chi connectivity index (χ1n) is 8.88. The molecule has 0 aliphatic carbocycles. The molecule has 0 fully saturated rings. The highest BCUT2D eigenvalue weighted by Crippen LogP contribution is 2.22. The molecule has 1 heterocycles.